The molecule has 1 atom stereocenters. The normalized spacial score (nSPS) is 17.9. The number of hydrogen-bond acceptors (Lipinski definition) is 2. The van der Waals surface area contributed by atoms with Crippen LogP contribution in [0.3, 0.4) is 0 Å². The lowest BCUT2D eigenvalue weighted by Crippen LogP contribution is -2.20. The van der Waals surface area contributed by atoms with Crippen LogP contribution in [0.4, 0.5) is 0 Å². The first kappa shape index (κ1) is 13.2. The molecule has 0 radical (unpaired) electrons. The highest BCUT2D eigenvalue weighted by Crippen LogP contribution is 2.34. The summed E-state index contributed by atoms with van der Waals surface area (Å²) in [7, 11) is 0. The minimum Gasteiger partial charge on any atom is -0.493 e. The van der Waals surface area contributed by atoms with Crippen LogP contribution >= 0.6 is 0 Å². The van der Waals surface area contributed by atoms with Crippen LogP contribution in [0, 0.1) is 6.92 Å². The van der Waals surface area contributed by atoms with Crippen molar-refractivity contribution < 1.29 is 4.74 Å². The summed E-state index contributed by atoms with van der Waals surface area (Å²) in [6, 6.07) is 17.4. The maximum atomic E-state index is 5.92. The Balaban J connectivity index is 1.78. The van der Waals surface area contributed by atoms with E-state index in [9.17, 15) is 0 Å². The maximum Gasteiger partial charge on any atom is 0.126 e. The zero-order valence-electron chi connectivity index (χ0n) is 11.9. The second-order valence-electron chi connectivity index (χ2n) is 5.40. The highest BCUT2D eigenvalue weighted by molar-refractivity contribution is 5.43. The van der Waals surface area contributed by atoms with Crippen LogP contribution in [-0.4, -0.2) is 6.61 Å². The number of rotatable bonds is 3. The van der Waals surface area contributed by atoms with Gasteiger partial charge in [-0.1, -0.05) is 48.5 Å². The summed E-state index contributed by atoms with van der Waals surface area (Å²) in [6.07, 6.45) is 2.23. The Hall–Kier alpha value is -1.80. The molecule has 0 fully saturated rings. The van der Waals surface area contributed by atoms with E-state index in [4.69, 9.17) is 4.74 Å². The van der Waals surface area contributed by atoms with Crippen LogP contribution in [0.1, 0.15) is 35.6 Å². The number of ether oxygens (including phenoxy) is 1. The van der Waals surface area contributed by atoms with Gasteiger partial charge in [-0.05, 0) is 30.9 Å². The summed E-state index contributed by atoms with van der Waals surface area (Å²) in [5, 5.41) is 3.68. The number of hydrogen-bond donors (Lipinski definition) is 1. The van der Waals surface area contributed by atoms with Crippen molar-refractivity contribution in [3.63, 3.8) is 0 Å². The molecule has 0 aromatic heterocycles. The molecule has 2 aromatic carbocycles. The molecule has 3 rings (SSSR count). The van der Waals surface area contributed by atoms with Gasteiger partial charge in [-0.2, -0.15) is 0 Å². The maximum absolute atomic E-state index is 5.92. The second-order valence-corrected chi connectivity index (χ2v) is 5.40. The highest BCUT2D eigenvalue weighted by atomic mass is 16.5. The Labute approximate surface area is 120 Å². The molecule has 0 aliphatic carbocycles. The standard InChI is InChI=1S/C18H21NO/c1-14-7-5-10-16-17(11-6-12-20-18(14)16)19-13-15-8-3-2-4-9-15/h2-5,7-10,17,19H,6,11-13H2,1H3. The van der Waals surface area contributed by atoms with Gasteiger partial charge in [0.1, 0.15) is 5.75 Å². The van der Waals surface area contributed by atoms with Gasteiger partial charge in [0, 0.05) is 18.2 Å². The molecule has 0 saturated heterocycles. The van der Waals surface area contributed by atoms with Crippen molar-refractivity contribution in [1.29, 1.82) is 0 Å². The van der Waals surface area contributed by atoms with Crippen LogP contribution in [0.5, 0.6) is 5.75 Å². The van der Waals surface area contributed by atoms with E-state index >= 15 is 0 Å². The average molecular weight is 267 g/mol. The highest BCUT2D eigenvalue weighted by Gasteiger charge is 2.20. The lowest BCUT2D eigenvalue weighted by Gasteiger charge is -2.19. The third kappa shape index (κ3) is 2.86. The van der Waals surface area contributed by atoms with E-state index in [0.717, 1.165) is 31.7 Å². The van der Waals surface area contributed by atoms with Crippen LogP contribution in [0.15, 0.2) is 48.5 Å². The molecule has 20 heavy (non-hydrogen) atoms. The molecular weight excluding hydrogens is 246 g/mol. The first-order valence-electron chi connectivity index (χ1n) is 7.34. The molecule has 104 valence electrons. The van der Waals surface area contributed by atoms with Crippen molar-refractivity contribution in [3.8, 4) is 5.75 Å². The van der Waals surface area contributed by atoms with E-state index in [2.05, 4.69) is 60.8 Å². The van der Waals surface area contributed by atoms with Crippen LogP contribution in [-0.2, 0) is 6.54 Å². The molecular formula is C18H21NO. The van der Waals surface area contributed by atoms with Gasteiger partial charge in [0.25, 0.3) is 0 Å². The van der Waals surface area contributed by atoms with Crippen molar-refractivity contribution in [2.45, 2.75) is 32.4 Å². The van der Waals surface area contributed by atoms with Crippen LogP contribution in [0.25, 0.3) is 0 Å². The van der Waals surface area contributed by atoms with Gasteiger partial charge in [-0.25, -0.2) is 0 Å². The fourth-order valence-electron chi connectivity index (χ4n) is 2.81. The zero-order valence-corrected chi connectivity index (χ0v) is 11.9. The first-order chi connectivity index (χ1) is 9.84. The average Bonchev–Trinajstić information content (AvgIpc) is 2.70. The van der Waals surface area contributed by atoms with Crippen molar-refractivity contribution in [1.82, 2.24) is 5.32 Å². The van der Waals surface area contributed by atoms with Gasteiger partial charge in [0.05, 0.1) is 6.61 Å². The Morgan fingerprint density at radius 1 is 1.10 bits per heavy atom. The van der Waals surface area contributed by atoms with E-state index in [1.165, 1.54) is 16.7 Å². The quantitative estimate of drug-likeness (QED) is 0.907. The van der Waals surface area contributed by atoms with Gasteiger partial charge in [0.15, 0.2) is 0 Å². The number of aryl methyl sites for hydroxylation is 1. The summed E-state index contributed by atoms with van der Waals surface area (Å²) in [4.78, 5) is 0. The van der Waals surface area contributed by atoms with Crippen molar-refractivity contribution in [3.05, 3.63) is 65.2 Å². The molecule has 2 heteroatoms. The molecule has 0 saturated carbocycles. The molecule has 1 N–H and O–H groups in total. The number of para-hydroxylation sites is 1. The minimum atomic E-state index is 0.382. The van der Waals surface area contributed by atoms with E-state index in [-0.39, 0.29) is 0 Å². The lowest BCUT2D eigenvalue weighted by molar-refractivity contribution is 0.313. The monoisotopic (exact) mass is 267 g/mol. The van der Waals surface area contributed by atoms with Crippen molar-refractivity contribution >= 4 is 0 Å². The third-order valence-electron chi connectivity index (χ3n) is 3.90. The Morgan fingerprint density at radius 2 is 1.95 bits per heavy atom. The van der Waals surface area contributed by atoms with Crippen LogP contribution < -0.4 is 10.1 Å². The lowest BCUT2D eigenvalue weighted by atomic mass is 9.99. The van der Waals surface area contributed by atoms with E-state index in [1.54, 1.807) is 0 Å². The molecule has 1 aliphatic heterocycles. The minimum absolute atomic E-state index is 0.382. The van der Waals surface area contributed by atoms with E-state index in [0.29, 0.717) is 6.04 Å². The van der Waals surface area contributed by atoms with Crippen molar-refractivity contribution in [2.24, 2.45) is 0 Å². The fourth-order valence-corrected chi connectivity index (χ4v) is 2.81. The van der Waals surface area contributed by atoms with Crippen molar-refractivity contribution in [2.75, 3.05) is 6.61 Å². The molecule has 2 nitrogen and oxygen atoms in total. The molecule has 1 heterocycles. The topological polar surface area (TPSA) is 21.3 Å². The third-order valence-corrected chi connectivity index (χ3v) is 3.90. The number of nitrogens with one attached hydrogen (secondary N) is 1. The summed E-state index contributed by atoms with van der Waals surface area (Å²) >= 11 is 0. The largest absolute Gasteiger partial charge is 0.493 e. The molecule has 1 unspecified atom stereocenters. The number of fused-ring (bicyclic) bond motifs is 1. The summed E-state index contributed by atoms with van der Waals surface area (Å²) in [5.41, 5.74) is 3.86. The van der Waals surface area contributed by atoms with E-state index in [1.807, 2.05) is 0 Å². The second kappa shape index (κ2) is 6.10. The fraction of sp³-hybridized carbons (Fsp3) is 0.333. The molecule has 1 aliphatic rings. The van der Waals surface area contributed by atoms with E-state index < -0.39 is 0 Å². The Morgan fingerprint density at radius 3 is 2.80 bits per heavy atom. The molecule has 0 amide bonds. The van der Waals surface area contributed by atoms with Gasteiger partial charge in [-0.3, -0.25) is 0 Å². The summed E-state index contributed by atoms with van der Waals surface area (Å²) in [6.45, 7) is 3.85. The SMILES string of the molecule is Cc1cccc2c1OCCCC2NCc1ccccc1. The van der Waals surface area contributed by atoms with Gasteiger partial charge in [0.2, 0.25) is 0 Å². The van der Waals surface area contributed by atoms with Gasteiger partial charge >= 0.3 is 0 Å². The number of benzene rings is 2. The Kier molecular flexibility index (Phi) is 4.03. The summed E-state index contributed by atoms with van der Waals surface area (Å²) < 4.78 is 5.92. The predicted octanol–water partition coefficient (Wildman–Crippen LogP) is 4.00. The van der Waals surface area contributed by atoms with Gasteiger partial charge < -0.3 is 10.1 Å². The predicted molar refractivity (Wildman–Crippen MR) is 81.9 cm³/mol. The van der Waals surface area contributed by atoms with Crippen LogP contribution in [0.2, 0.25) is 0 Å². The smallest absolute Gasteiger partial charge is 0.126 e. The van der Waals surface area contributed by atoms with Gasteiger partial charge in [-0.15, -0.1) is 0 Å². The zero-order chi connectivity index (χ0) is 13.8. The first-order valence-corrected chi connectivity index (χ1v) is 7.34. The Bertz CT molecular complexity index is 565. The molecule has 2 aromatic rings. The molecule has 0 spiro atoms. The molecule has 0 bridgehead atoms. The summed E-state index contributed by atoms with van der Waals surface area (Å²) in [5.74, 6) is 1.08.